The quantitative estimate of drug-likeness (QED) is 0.509. The molecule has 0 radical (unpaired) electrons. The van der Waals surface area contributed by atoms with Gasteiger partial charge in [-0.15, -0.1) is 0 Å². The molecular formula is C13H12FN3O3. The minimum atomic E-state index is -0.583. The molecule has 3 N–H and O–H groups in total. The van der Waals surface area contributed by atoms with Crippen molar-refractivity contribution in [3.63, 3.8) is 0 Å². The van der Waals surface area contributed by atoms with E-state index in [4.69, 9.17) is 10.6 Å². The Morgan fingerprint density at radius 3 is 2.70 bits per heavy atom. The summed E-state index contributed by atoms with van der Waals surface area (Å²) in [6.45, 7) is 1.78. The Morgan fingerprint density at radius 2 is 2.05 bits per heavy atom. The summed E-state index contributed by atoms with van der Waals surface area (Å²) in [7, 11) is 0. The first-order valence-electron chi connectivity index (χ1n) is 5.69. The van der Waals surface area contributed by atoms with E-state index >= 15 is 0 Å². The van der Waals surface area contributed by atoms with Gasteiger partial charge in [-0.05, 0) is 24.6 Å². The summed E-state index contributed by atoms with van der Waals surface area (Å²) >= 11 is 0. The van der Waals surface area contributed by atoms with Crippen molar-refractivity contribution >= 4 is 11.4 Å². The monoisotopic (exact) mass is 277 g/mol. The first-order chi connectivity index (χ1) is 9.49. The van der Waals surface area contributed by atoms with Crippen LogP contribution in [0.15, 0.2) is 36.4 Å². The molecule has 0 aliphatic carbocycles. The maximum Gasteiger partial charge on any atom is 0.275 e. The van der Waals surface area contributed by atoms with E-state index in [2.05, 4.69) is 5.43 Å². The lowest BCUT2D eigenvalue weighted by molar-refractivity contribution is -0.384. The summed E-state index contributed by atoms with van der Waals surface area (Å²) in [6.07, 6.45) is 0. The number of nitro groups is 1. The molecule has 7 heteroatoms. The molecule has 0 amide bonds. The second-order valence-electron chi connectivity index (χ2n) is 4.15. The third-order valence-corrected chi connectivity index (χ3v) is 2.58. The molecule has 20 heavy (non-hydrogen) atoms. The Labute approximate surface area is 114 Å². The molecule has 0 heterocycles. The van der Waals surface area contributed by atoms with Gasteiger partial charge in [0.05, 0.1) is 16.7 Å². The van der Waals surface area contributed by atoms with Crippen LogP contribution in [-0.4, -0.2) is 4.92 Å². The normalized spacial score (nSPS) is 10.2. The minimum absolute atomic E-state index is 0.00605. The van der Waals surface area contributed by atoms with Crippen LogP contribution in [0.3, 0.4) is 0 Å². The fourth-order valence-electron chi connectivity index (χ4n) is 1.65. The largest absolute Gasteiger partial charge is 0.454 e. The van der Waals surface area contributed by atoms with Gasteiger partial charge in [0.2, 0.25) is 0 Å². The topological polar surface area (TPSA) is 90.4 Å². The van der Waals surface area contributed by atoms with E-state index in [1.54, 1.807) is 13.0 Å². The molecule has 6 nitrogen and oxygen atoms in total. The molecule has 0 aromatic heterocycles. The van der Waals surface area contributed by atoms with Gasteiger partial charge < -0.3 is 10.2 Å². The summed E-state index contributed by atoms with van der Waals surface area (Å²) in [6, 6.07) is 8.26. The van der Waals surface area contributed by atoms with Gasteiger partial charge in [-0.3, -0.25) is 16.0 Å². The Hall–Kier alpha value is -2.67. The number of benzene rings is 2. The van der Waals surface area contributed by atoms with Gasteiger partial charge >= 0.3 is 0 Å². The van der Waals surface area contributed by atoms with Crippen molar-refractivity contribution in [3.8, 4) is 11.5 Å². The van der Waals surface area contributed by atoms with Gasteiger partial charge in [0.25, 0.3) is 5.69 Å². The minimum Gasteiger partial charge on any atom is -0.454 e. The molecule has 0 saturated heterocycles. The second kappa shape index (κ2) is 5.54. The number of ether oxygens (including phenoxy) is 1. The van der Waals surface area contributed by atoms with Crippen molar-refractivity contribution < 1.29 is 14.1 Å². The number of nitrogens with two attached hydrogens (primary N) is 1. The molecule has 0 aliphatic heterocycles. The standard InChI is InChI=1S/C13H12FN3O3/c1-8-2-3-12(14)13(4-8)20-11-6-9(16-15)5-10(7-11)17(18)19/h2-7,16H,15H2,1H3. The average molecular weight is 277 g/mol. The third kappa shape index (κ3) is 3.01. The number of nitrogens with zero attached hydrogens (tertiary/aromatic N) is 1. The number of nitrogens with one attached hydrogen (secondary N) is 1. The number of halogens is 1. The SMILES string of the molecule is Cc1ccc(F)c(Oc2cc(NN)cc([N+](=O)[O-])c2)c1. The number of hydrogen-bond donors (Lipinski definition) is 2. The van der Waals surface area contributed by atoms with E-state index < -0.39 is 10.7 Å². The van der Waals surface area contributed by atoms with Gasteiger partial charge in [-0.2, -0.15) is 0 Å². The molecule has 0 aliphatic rings. The molecule has 104 valence electrons. The first-order valence-corrected chi connectivity index (χ1v) is 5.69. The zero-order valence-corrected chi connectivity index (χ0v) is 10.6. The fourth-order valence-corrected chi connectivity index (χ4v) is 1.65. The first kappa shape index (κ1) is 13.8. The number of hydrazine groups is 1. The Morgan fingerprint density at radius 1 is 1.30 bits per heavy atom. The van der Waals surface area contributed by atoms with E-state index in [1.165, 1.54) is 30.3 Å². The lowest BCUT2D eigenvalue weighted by atomic mass is 10.2. The smallest absolute Gasteiger partial charge is 0.275 e. The fraction of sp³-hybridized carbons (Fsp3) is 0.0769. The number of aryl methyl sites for hydroxylation is 1. The molecule has 2 aromatic carbocycles. The summed E-state index contributed by atoms with van der Waals surface area (Å²) < 4.78 is 18.9. The number of rotatable bonds is 4. The molecule has 0 atom stereocenters. The highest BCUT2D eigenvalue weighted by molar-refractivity contribution is 5.56. The highest BCUT2D eigenvalue weighted by atomic mass is 19.1. The van der Waals surface area contributed by atoms with Crippen LogP contribution in [-0.2, 0) is 0 Å². The van der Waals surface area contributed by atoms with Crippen LogP contribution >= 0.6 is 0 Å². The van der Waals surface area contributed by atoms with Gasteiger partial charge in [-0.1, -0.05) is 6.07 Å². The molecule has 2 aromatic rings. The summed E-state index contributed by atoms with van der Waals surface area (Å²) in [5.41, 5.74) is 3.19. The van der Waals surface area contributed by atoms with E-state index in [1.807, 2.05) is 0 Å². The van der Waals surface area contributed by atoms with Gasteiger partial charge in [-0.25, -0.2) is 4.39 Å². The van der Waals surface area contributed by atoms with Gasteiger partial charge in [0.15, 0.2) is 11.6 Å². The predicted octanol–water partition coefficient (Wildman–Crippen LogP) is 3.12. The third-order valence-electron chi connectivity index (χ3n) is 2.58. The summed E-state index contributed by atoms with van der Waals surface area (Å²) in [4.78, 5) is 10.2. The number of anilines is 1. The summed E-state index contributed by atoms with van der Waals surface area (Å²) in [5, 5.41) is 10.8. The maximum absolute atomic E-state index is 13.6. The van der Waals surface area contributed by atoms with Crippen molar-refractivity contribution in [1.29, 1.82) is 0 Å². The molecule has 0 fully saturated rings. The zero-order chi connectivity index (χ0) is 14.7. The van der Waals surface area contributed by atoms with E-state index in [0.717, 1.165) is 5.56 Å². The van der Waals surface area contributed by atoms with Crippen LogP contribution in [0, 0.1) is 22.9 Å². The van der Waals surface area contributed by atoms with Gasteiger partial charge in [0.1, 0.15) is 5.75 Å². The van der Waals surface area contributed by atoms with Crippen LogP contribution in [0.4, 0.5) is 15.8 Å². The average Bonchev–Trinajstić information content (AvgIpc) is 2.42. The molecule has 2 rings (SSSR count). The number of nitrogen functional groups attached to an aromatic ring is 1. The van der Waals surface area contributed by atoms with Crippen LogP contribution in [0.25, 0.3) is 0 Å². The van der Waals surface area contributed by atoms with Crippen molar-refractivity contribution in [3.05, 3.63) is 57.9 Å². The Kier molecular flexibility index (Phi) is 3.81. The van der Waals surface area contributed by atoms with Crippen molar-refractivity contribution in [2.45, 2.75) is 6.92 Å². The maximum atomic E-state index is 13.6. The summed E-state index contributed by atoms with van der Waals surface area (Å²) in [5.74, 6) is 4.80. The highest BCUT2D eigenvalue weighted by Crippen LogP contribution is 2.30. The molecule has 0 saturated carbocycles. The number of non-ortho nitro benzene ring substituents is 1. The second-order valence-corrected chi connectivity index (χ2v) is 4.15. The van der Waals surface area contributed by atoms with Crippen LogP contribution in [0.2, 0.25) is 0 Å². The number of nitro benzene ring substituents is 1. The zero-order valence-electron chi connectivity index (χ0n) is 10.6. The Bertz CT molecular complexity index is 661. The van der Waals surface area contributed by atoms with Crippen molar-refractivity contribution in [2.24, 2.45) is 5.84 Å². The van der Waals surface area contributed by atoms with E-state index in [0.29, 0.717) is 5.69 Å². The lowest BCUT2D eigenvalue weighted by Gasteiger charge is -2.09. The lowest BCUT2D eigenvalue weighted by Crippen LogP contribution is -2.07. The van der Waals surface area contributed by atoms with Crippen molar-refractivity contribution in [1.82, 2.24) is 0 Å². The molecule has 0 bridgehead atoms. The van der Waals surface area contributed by atoms with Crippen LogP contribution < -0.4 is 16.0 Å². The molecule has 0 unspecified atom stereocenters. The van der Waals surface area contributed by atoms with E-state index in [9.17, 15) is 14.5 Å². The predicted molar refractivity (Wildman–Crippen MR) is 72.1 cm³/mol. The highest BCUT2D eigenvalue weighted by Gasteiger charge is 2.12. The number of hydrogen-bond acceptors (Lipinski definition) is 5. The van der Waals surface area contributed by atoms with Gasteiger partial charge in [0, 0.05) is 12.1 Å². The van der Waals surface area contributed by atoms with Crippen LogP contribution in [0.5, 0.6) is 11.5 Å². The Balaban J connectivity index is 2.39. The molecule has 0 spiro atoms. The van der Waals surface area contributed by atoms with Crippen LogP contribution in [0.1, 0.15) is 5.56 Å². The van der Waals surface area contributed by atoms with Crippen molar-refractivity contribution in [2.75, 3.05) is 5.43 Å². The van der Waals surface area contributed by atoms with E-state index in [-0.39, 0.29) is 17.2 Å². The molecular weight excluding hydrogens is 265 g/mol.